The first-order chi connectivity index (χ1) is 9.25. The van der Waals surface area contributed by atoms with Gasteiger partial charge in [-0.15, -0.1) is 0 Å². The fourth-order valence-electron chi connectivity index (χ4n) is 3.18. The van der Waals surface area contributed by atoms with Crippen LogP contribution in [0.5, 0.6) is 0 Å². The van der Waals surface area contributed by atoms with Crippen molar-refractivity contribution in [1.82, 2.24) is 5.32 Å². The Balaban J connectivity index is 1.92. The van der Waals surface area contributed by atoms with Crippen LogP contribution in [-0.4, -0.2) is 25.0 Å². The molecular formula is C15H17NO3. The number of ether oxygens (including phenoxy) is 1. The summed E-state index contributed by atoms with van der Waals surface area (Å²) < 4.78 is 5.42. The Bertz CT molecular complexity index is 479. The van der Waals surface area contributed by atoms with Crippen LogP contribution in [0.3, 0.4) is 0 Å². The summed E-state index contributed by atoms with van der Waals surface area (Å²) in [5.74, 6) is -0.189. The van der Waals surface area contributed by atoms with Gasteiger partial charge in [0.2, 0.25) is 11.8 Å². The van der Waals surface area contributed by atoms with Crippen molar-refractivity contribution in [2.45, 2.75) is 18.8 Å². The summed E-state index contributed by atoms with van der Waals surface area (Å²) in [7, 11) is 0. The summed E-state index contributed by atoms with van der Waals surface area (Å²) in [6, 6.07) is 9.72. The quantitative estimate of drug-likeness (QED) is 0.818. The lowest BCUT2D eigenvalue weighted by Gasteiger charge is -2.33. The van der Waals surface area contributed by atoms with Gasteiger partial charge in [0.05, 0.1) is 5.92 Å². The van der Waals surface area contributed by atoms with Crippen molar-refractivity contribution in [2.24, 2.45) is 11.8 Å². The summed E-state index contributed by atoms with van der Waals surface area (Å²) in [6.07, 6.45) is 1.36. The molecule has 4 heteroatoms. The minimum Gasteiger partial charge on any atom is -0.381 e. The number of benzene rings is 1. The minimum absolute atomic E-state index is 0.0612. The molecule has 0 spiro atoms. The second kappa shape index (κ2) is 5.13. The van der Waals surface area contributed by atoms with E-state index in [1.54, 1.807) is 0 Å². The smallest absolute Gasteiger partial charge is 0.234 e. The van der Waals surface area contributed by atoms with E-state index in [2.05, 4.69) is 5.32 Å². The molecule has 0 radical (unpaired) electrons. The van der Waals surface area contributed by atoms with E-state index in [4.69, 9.17) is 4.74 Å². The molecule has 3 rings (SSSR count). The van der Waals surface area contributed by atoms with E-state index in [1.165, 1.54) is 0 Å². The molecule has 2 amide bonds. The number of carbonyl (C=O) groups is 2. The lowest BCUT2D eigenvalue weighted by molar-refractivity contribution is -0.137. The molecule has 4 nitrogen and oxygen atoms in total. The van der Waals surface area contributed by atoms with Crippen LogP contribution in [0.4, 0.5) is 0 Å². The Hall–Kier alpha value is -1.68. The normalized spacial score (nSPS) is 31.3. The average Bonchev–Trinajstić information content (AvgIpc) is 2.92. The van der Waals surface area contributed by atoms with Gasteiger partial charge in [0, 0.05) is 19.6 Å². The van der Waals surface area contributed by atoms with E-state index < -0.39 is 0 Å². The van der Waals surface area contributed by atoms with Crippen molar-refractivity contribution in [3.05, 3.63) is 35.9 Å². The van der Waals surface area contributed by atoms with E-state index in [0.717, 1.165) is 18.6 Å². The zero-order valence-corrected chi connectivity index (χ0v) is 10.7. The van der Waals surface area contributed by atoms with Gasteiger partial charge in [0.1, 0.15) is 0 Å². The minimum atomic E-state index is -0.231. The number of hydrogen-bond acceptors (Lipinski definition) is 3. The number of rotatable bonds is 2. The Morgan fingerprint density at radius 1 is 1.16 bits per heavy atom. The summed E-state index contributed by atoms with van der Waals surface area (Å²) in [5, 5.41) is 2.46. The van der Waals surface area contributed by atoms with Crippen molar-refractivity contribution in [1.29, 1.82) is 0 Å². The molecule has 2 fully saturated rings. The highest BCUT2D eigenvalue weighted by atomic mass is 16.5. The number of imide groups is 1. The van der Waals surface area contributed by atoms with Crippen LogP contribution in [0.25, 0.3) is 0 Å². The van der Waals surface area contributed by atoms with Gasteiger partial charge in [-0.05, 0) is 23.8 Å². The van der Waals surface area contributed by atoms with E-state index >= 15 is 0 Å². The van der Waals surface area contributed by atoms with Gasteiger partial charge in [-0.1, -0.05) is 30.3 Å². The van der Waals surface area contributed by atoms with E-state index in [1.807, 2.05) is 30.3 Å². The third-order valence-electron chi connectivity index (χ3n) is 4.12. The molecule has 1 aromatic rings. The highest BCUT2D eigenvalue weighted by Crippen LogP contribution is 2.38. The Morgan fingerprint density at radius 2 is 1.95 bits per heavy atom. The van der Waals surface area contributed by atoms with Crippen molar-refractivity contribution in [2.75, 3.05) is 13.2 Å². The summed E-state index contributed by atoms with van der Waals surface area (Å²) in [4.78, 5) is 23.8. The first kappa shape index (κ1) is 12.4. The third-order valence-corrected chi connectivity index (χ3v) is 4.12. The SMILES string of the molecule is O=C1CC(C2CCOC2)C(c2ccccc2)C(=O)N1. The Kier molecular flexibility index (Phi) is 3.34. The van der Waals surface area contributed by atoms with Crippen LogP contribution in [0.15, 0.2) is 30.3 Å². The molecule has 2 heterocycles. The summed E-state index contributed by atoms with van der Waals surface area (Å²) >= 11 is 0. The zero-order chi connectivity index (χ0) is 13.2. The van der Waals surface area contributed by atoms with Crippen LogP contribution < -0.4 is 5.32 Å². The molecule has 0 aromatic heterocycles. The van der Waals surface area contributed by atoms with Crippen LogP contribution in [-0.2, 0) is 14.3 Å². The first-order valence-electron chi connectivity index (χ1n) is 6.72. The Labute approximate surface area is 112 Å². The highest BCUT2D eigenvalue weighted by Gasteiger charge is 2.42. The van der Waals surface area contributed by atoms with Gasteiger partial charge in [-0.2, -0.15) is 0 Å². The van der Waals surface area contributed by atoms with Crippen LogP contribution in [0, 0.1) is 11.8 Å². The van der Waals surface area contributed by atoms with Crippen molar-refractivity contribution in [3.8, 4) is 0 Å². The number of nitrogens with one attached hydrogen (secondary N) is 1. The molecule has 3 unspecified atom stereocenters. The van der Waals surface area contributed by atoms with Crippen molar-refractivity contribution in [3.63, 3.8) is 0 Å². The number of carbonyl (C=O) groups excluding carboxylic acids is 2. The van der Waals surface area contributed by atoms with E-state index in [0.29, 0.717) is 18.9 Å². The van der Waals surface area contributed by atoms with Crippen molar-refractivity contribution >= 4 is 11.8 Å². The summed E-state index contributed by atoms with van der Waals surface area (Å²) in [5.41, 5.74) is 0.990. The van der Waals surface area contributed by atoms with Gasteiger partial charge in [-0.3, -0.25) is 14.9 Å². The number of amides is 2. The van der Waals surface area contributed by atoms with E-state index in [-0.39, 0.29) is 23.7 Å². The highest BCUT2D eigenvalue weighted by molar-refractivity contribution is 6.01. The number of hydrogen-bond donors (Lipinski definition) is 1. The molecule has 19 heavy (non-hydrogen) atoms. The predicted molar refractivity (Wildman–Crippen MR) is 69.4 cm³/mol. The molecular weight excluding hydrogens is 242 g/mol. The fourth-order valence-corrected chi connectivity index (χ4v) is 3.18. The van der Waals surface area contributed by atoms with Crippen molar-refractivity contribution < 1.29 is 14.3 Å². The fraction of sp³-hybridized carbons (Fsp3) is 0.467. The maximum absolute atomic E-state index is 12.2. The van der Waals surface area contributed by atoms with Crippen LogP contribution in [0.2, 0.25) is 0 Å². The van der Waals surface area contributed by atoms with Gasteiger partial charge in [-0.25, -0.2) is 0 Å². The maximum atomic E-state index is 12.2. The van der Waals surface area contributed by atoms with Gasteiger partial charge in [0.15, 0.2) is 0 Å². The molecule has 1 aromatic carbocycles. The molecule has 2 aliphatic heterocycles. The number of piperidine rings is 1. The standard InChI is InChI=1S/C15H17NO3/c17-13-8-12(11-6-7-19-9-11)14(15(18)16-13)10-4-2-1-3-5-10/h1-5,11-12,14H,6-9H2,(H,16,17,18). The summed E-state index contributed by atoms with van der Waals surface area (Å²) in [6.45, 7) is 1.40. The molecule has 2 saturated heterocycles. The first-order valence-corrected chi connectivity index (χ1v) is 6.72. The topological polar surface area (TPSA) is 55.4 Å². The molecule has 0 bridgehead atoms. The molecule has 2 aliphatic rings. The second-order valence-electron chi connectivity index (χ2n) is 5.29. The largest absolute Gasteiger partial charge is 0.381 e. The molecule has 100 valence electrons. The molecule has 0 aliphatic carbocycles. The van der Waals surface area contributed by atoms with E-state index in [9.17, 15) is 9.59 Å². The molecule has 1 N–H and O–H groups in total. The average molecular weight is 259 g/mol. The second-order valence-corrected chi connectivity index (χ2v) is 5.29. The predicted octanol–water partition coefficient (Wildman–Crippen LogP) is 1.47. The monoisotopic (exact) mass is 259 g/mol. The van der Waals surface area contributed by atoms with Crippen LogP contribution in [0.1, 0.15) is 24.3 Å². The Morgan fingerprint density at radius 3 is 2.63 bits per heavy atom. The third kappa shape index (κ3) is 2.40. The van der Waals surface area contributed by atoms with Gasteiger partial charge in [0.25, 0.3) is 0 Å². The lowest BCUT2D eigenvalue weighted by atomic mass is 9.73. The zero-order valence-electron chi connectivity index (χ0n) is 10.7. The van der Waals surface area contributed by atoms with Crippen LogP contribution >= 0.6 is 0 Å². The van der Waals surface area contributed by atoms with Gasteiger partial charge >= 0.3 is 0 Å². The molecule has 0 saturated carbocycles. The lowest BCUT2D eigenvalue weighted by Crippen LogP contribution is -2.46. The maximum Gasteiger partial charge on any atom is 0.234 e. The molecule has 3 atom stereocenters. The van der Waals surface area contributed by atoms with Gasteiger partial charge < -0.3 is 4.74 Å².